The lowest BCUT2D eigenvalue weighted by Gasteiger charge is -2.15. The average Bonchev–Trinajstić information content (AvgIpc) is 2.44. The second-order valence-electron chi connectivity index (χ2n) is 4.42. The number of nitrogens with two attached hydrogens (primary N) is 1. The summed E-state index contributed by atoms with van der Waals surface area (Å²) >= 11 is 0. The highest BCUT2D eigenvalue weighted by atomic mass is 16.4. The van der Waals surface area contributed by atoms with Crippen LogP contribution < -0.4 is 5.73 Å². The summed E-state index contributed by atoms with van der Waals surface area (Å²) < 4.78 is 0. The fourth-order valence-electron chi connectivity index (χ4n) is 1.92. The number of aliphatic hydroxyl groups is 2. The predicted octanol–water partition coefficient (Wildman–Crippen LogP) is 0.418. The summed E-state index contributed by atoms with van der Waals surface area (Å²) in [5, 5.41) is 29.5. The quantitative estimate of drug-likeness (QED) is 0.644. The van der Waals surface area contributed by atoms with Crippen molar-refractivity contribution < 1.29 is 24.9 Å². The summed E-state index contributed by atoms with van der Waals surface area (Å²) in [5.41, 5.74) is 5.41. The zero-order chi connectivity index (χ0) is 14.9. The van der Waals surface area contributed by atoms with Gasteiger partial charge in [0.25, 0.3) is 0 Å². The van der Waals surface area contributed by atoms with E-state index in [0.717, 1.165) is 0 Å². The van der Waals surface area contributed by atoms with Gasteiger partial charge in [0, 0.05) is 0 Å². The van der Waals surface area contributed by atoms with Crippen LogP contribution in [-0.4, -0.2) is 33.3 Å². The van der Waals surface area contributed by atoms with Crippen LogP contribution in [0.4, 0.5) is 0 Å². The van der Waals surface area contributed by atoms with Crippen LogP contribution in [-0.2, 0) is 4.79 Å². The van der Waals surface area contributed by atoms with E-state index in [4.69, 9.17) is 10.8 Å². The van der Waals surface area contributed by atoms with Crippen molar-refractivity contribution in [1.29, 1.82) is 0 Å². The zero-order valence-electron chi connectivity index (χ0n) is 10.4. The number of rotatable bonds is 4. The Morgan fingerprint density at radius 1 is 1.00 bits per heavy atom. The van der Waals surface area contributed by atoms with E-state index in [2.05, 4.69) is 0 Å². The van der Waals surface area contributed by atoms with Gasteiger partial charge in [0.05, 0.1) is 5.56 Å². The molecule has 2 unspecified atom stereocenters. The lowest BCUT2D eigenvalue weighted by molar-refractivity contribution is -0.131. The number of carbonyl (C=O) groups excluding carboxylic acids is 1. The van der Waals surface area contributed by atoms with Crippen LogP contribution >= 0.6 is 0 Å². The maximum absolute atomic E-state index is 10.9. The summed E-state index contributed by atoms with van der Waals surface area (Å²) in [7, 11) is 0. The fraction of sp³-hybridized carbons (Fsp3) is 0.143. The second-order valence-corrected chi connectivity index (χ2v) is 4.42. The van der Waals surface area contributed by atoms with E-state index in [9.17, 15) is 19.8 Å². The van der Waals surface area contributed by atoms with E-state index >= 15 is 0 Å². The molecule has 2 aromatic rings. The summed E-state index contributed by atoms with van der Waals surface area (Å²) in [6.07, 6.45) is -3.11. The normalized spacial score (nSPS) is 13.9. The number of amides is 1. The van der Waals surface area contributed by atoms with Gasteiger partial charge in [-0.2, -0.15) is 0 Å². The maximum atomic E-state index is 10.9. The van der Waals surface area contributed by atoms with Crippen molar-refractivity contribution in [2.75, 3.05) is 0 Å². The van der Waals surface area contributed by atoms with Crippen molar-refractivity contribution >= 4 is 22.6 Å². The van der Waals surface area contributed by atoms with Gasteiger partial charge in [0.1, 0.15) is 6.10 Å². The van der Waals surface area contributed by atoms with Gasteiger partial charge in [0.15, 0.2) is 6.10 Å². The third-order valence-corrected chi connectivity index (χ3v) is 3.04. The van der Waals surface area contributed by atoms with Crippen molar-refractivity contribution in [3.8, 4) is 0 Å². The number of hydrogen-bond acceptors (Lipinski definition) is 4. The maximum Gasteiger partial charge on any atom is 0.335 e. The lowest BCUT2D eigenvalue weighted by Crippen LogP contribution is -2.33. The third-order valence-electron chi connectivity index (χ3n) is 3.04. The molecule has 0 saturated carbocycles. The molecule has 6 heteroatoms. The van der Waals surface area contributed by atoms with Crippen LogP contribution in [0, 0.1) is 0 Å². The highest BCUT2D eigenvalue weighted by Crippen LogP contribution is 2.23. The molecule has 5 N–H and O–H groups in total. The SMILES string of the molecule is NC(=O)C(O)C(O)c1ccc2cc(C(=O)O)ccc2c1. The molecule has 1 amide bonds. The molecule has 0 aliphatic heterocycles. The molecule has 0 heterocycles. The molecule has 0 radical (unpaired) electrons. The molecule has 0 saturated heterocycles. The third kappa shape index (κ3) is 2.61. The molecule has 0 spiro atoms. The van der Waals surface area contributed by atoms with E-state index in [1.54, 1.807) is 18.2 Å². The molecule has 0 bridgehead atoms. The molecular weight excluding hydrogens is 262 g/mol. The monoisotopic (exact) mass is 275 g/mol. The number of aromatic carboxylic acids is 1. The van der Waals surface area contributed by atoms with Crippen molar-refractivity contribution in [1.82, 2.24) is 0 Å². The zero-order valence-corrected chi connectivity index (χ0v) is 10.4. The Morgan fingerprint density at radius 2 is 1.60 bits per heavy atom. The standard InChI is InChI=1S/C14H13NO5/c15-13(18)12(17)11(16)9-3-1-8-6-10(14(19)20)4-2-7(8)5-9/h1-6,11-12,16-17H,(H2,15,18)(H,19,20). The Balaban J connectivity index is 2.42. The van der Waals surface area contributed by atoms with Crippen LogP contribution in [0.3, 0.4) is 0 Å². The first-order chi connectivity index (χ1) is 9.40. The van der Waals surface area contributed by atoms with E-state index < -0.39 is 24.1 Å². The minimum Gasteiger partial charge on any atom is -0.478 e. The van der Waals surface area contributed by atoms with E-state index in [-0.39, 0.29) is 5.56 Å². The molecule has 0 aromatic heterocycles. The molecule has 104 valence electrons. The highest BCUT2D eigenvalue weighted by molar-refractivity contribution is 5.94. The molecule has 0 aliphatic carbocycles. The van der Waals surface area contributed by atoms with E-state index in [1.165, 1.54) is 18.2 Å². The first-order valence-electron chi connectivity index (χ1n) is 5.82. The first kappa shape index (κ1) is 14.0. The number of primary amides is 1. The molecule has 0 aliphatic rings. The van der Waals surface area contributed by atoms with Crippen LogP contribution in [0.15, 0.2) is 36.4 Å². The summed E-state index contributed by atoms with van der Waals surface area (Å²) in [6.45, 7) is 0. The van der Waals surface area contributed by atoms with Crippen LogP contribution in [0.1, 0.15) is 22.0 Å². The fourth-order valence-corrected chi connectivity index (χ4v) is 1.92. The van der Waals surface area contributed by atoms with E-state index in [0.29, 0.717) is 16.3 Å². The van der Waals surface area contributed by atoms with Gasteiger partial charge in [-0.3, -0.25) is 4.79 Å². The Hall–Kier alpha value is -2.44. The molecule has 2 aromatic carbocycles. The minimum atomic E-state index is -1.69. The molecule has 20 heavy (non-hydrogen) atoms. The van der Waals surface area contributed by atoms with Crippen molar-refractivity contribution in [2.45, 2.75) is 12.2 Å². The molecule has 2 rings (SSSR count). The number of carboxylic acids is 1. The number of benzene rings is 2. The molecule has 6 nitrogen and oxygen atoms in total. The lowest BCUT2D eigenvalue weighted by atomic mass is 9.99. The van der Waals surface area contributed by atoms with Crippen molar-refractivity contribution in [3.05, 3.63) is 47.5 Å². The Bertz CT molecular complexity index is 682. The molecule has 0 fully saturated rings. The van der Waals surface area contributed by atoms with Crippen molar-refractivity contribution in [3.63, 3.8) is 0 Å². The molecule has 2 atom stereocenters. The minimum absolute atomic E-state index is 0.156. The number of fused-ring (bicyclic) bond motifs is 1. The topological polar surface area (TPSA) is 121 Å². The van der Waals surface area contributed by atoms with Gasteiger partial charge in [-0.05, 0) is 34.5 Å². The van der Waals surface area contributed by atoms with Gasteiger partial charge in [-0.15, -0.1) is 0 Å². The van der Waals surface area contributed by atoms with Gasteiger partial charge >= 0.3 is 5.97 Å². The second kappa shape index (κ2) is 5.28. The van der Waals surface area contributed by atoms with Gasteiger partial charge < -0.3 is 21.1 Å². The number of aliphatic hydroxyl groups excluding tert-OH is 2. The largest absolute Gasteiger partial charge is 0.478 e. The number of hydrogen-bond donors (Lipinski definition) is 4. The number of carbonyl (C=O) groups is 2. The van der Waals surface area contributed by atoms with Gasteiger partial charge in [-0.1, -0.05) is 18.2 Å². The Kier molecular flexibility index (Phi) is 3.69. The summed E-state index contributed by atoms with van der Waals surface area (Å²) in [6, 6.07) is 9.20. The first-order valence-corrected chi connectivity index (χ1v) is 5.82. The van der Waals surface area contributed by atoms with E-state index in [1.807, 2.05) is 0 Å². The summed E-state index contributed by atoms with van der Waals surface area (Å²) in [5.74, 6) is -2.04. The van der Waals surface area contributed by atoms with Gasteiger partial charge in [-0.25, -0.2) is 4.79 Å². The Labute approximate surface area is 114 Å². The average molecular weight is 275 g/mol. The van der Waals surface area contributed by atoms with Crippen LogP contribution in [0.25, 0.3) is 10.8 Å². The smallest absolute Gasteiger partial charge is 0.335 e. The Morgan fingerprint density at radius 3 is 2.20 bits per heavy atom. The number of carboxylic acid groups (broad SMARTS) is 1. The molecular formula is C14H13NO5. The van der Waals surface area contributed by atoms with Crippen LogP contribution in [0.5, 0.6) is 0 Å². The summed E-state index contributed by atoms with van der Waals surface area (Å²) in [4.78, 5) is 21.7. The van der Waals surface area contributed by atoms with Crippen molar-refractivity contribution in [2.24, 2.45) is 5.73 Å². The van der Waals surface area contributed by atoms with Gasteiger partial charge in [0.2, 0.25) is 5.91 Å². The van der Waals surface area contributed by atoms with Crippen LogP contribution in [0.2, 0.25) is 0 Å². The predicted molar refractivity (Wildman–Crippen MR) is 71.1 cm³/mol. The highest BCUT2D eigenvalue weighted by Gasteiger charge is 2.23.